The highest BCUT2D eigenvalue weighted by Gasteiger charge is 2.08. The van der Waals surface area contributed by atoms with E-state index in [1.54, 1.807) is 6.07 Å². The Balaban J connectivity index is 2.55. The second kappa shape index (κ2) is 4.49. The fraction of sp³-hybridized carbons (Fsp3) is 0. The van der Waals surface area contributed by atoms with Gasteiger partial charge in [0.1, 0.15) is 0 Å². The van der Waals surface area contributed by atoms with Gasteiger partial charge in [-0.15, -0.1) is 0 Å². The van der Waals surface area contributed by atoms with Crippen LogP contribution in [0, 0.1) is 0 Å². The van der Waals surface area contributed by atoms with E-state index in [1.165, 1.54) is 0 Å². The van der Waals surface area contributed by atoms with Crippen molar-refractivity contribution < 1.29 is 4.79 Å². The molecule has 80 valence electrons. The molecule has 0 spiro atoms. The Morgan fingerprint density at radius 3 is 2.25 bits per heavy atom. The van der Waals surface area contributed by atoms with Crippen molar-refractivity contribution in [3.8, 4) is 11.1 Å². The third-order valence-corrected chi connectivity index (χ3v) is 2.88. The Morgan fingerprint density at radius 2 is 1.62 bits per heavy atom. The van der Waals surface area contributed by atoms with Crippen molar-refractivity contribution in [1.29, 1.82) is 0 Å². The SMILES string of the molecule is NC(=O)c1ccccc1-c1ccc(Br)cc1. The summed E-state index contributed by atoms with van der Waals surface area (Å²) in [4.78, 5) is 11.3. The molecule has 0 aromatic heterocycles. The van der Waals surface area contributed by atoms with Crippen LogP contribution in [0.5, 0.6) is 0 Å². The van der Waals surface area contributed by atoms with E-state index < -0.39 is 5.91 Å². The van der Waals surface area contributed by atoms with Crippen LogP contribution in [-0.4, -0.2) is 5.91 Å². The first-order chi connectivity index (χ1) is 7.68. The summed E-state index contributed by atoms with van der Waals surface area (Å²) in [7, 11) is 0. The number of carbonyl (C=O) groups excluding carboxylic acids is 1. The number of nitrogens with two attached hydrogens (primary N) is 1. The van der Waals surface area contributed by atoms with Gasteiger partial charge in [0.05, 0.1) is 0 Å². The van der Waals surface area contributed by atoms with Gasteiger partial charge in [0.25, 0.3) is 0 Å². The summed E-state index contributed by atoms with van der Waals surface area (Å²) in [5.74, 6) is -0.404. The lowest BCUT2D eigenvalue weighted by molar-refractivity contribution is 0.100. The van der Waals surface area contributed by atoms with Crippen molar-refractivity contribution in [2.24, 2.45) is 5.73 Å². The fourth-order valence-electron chi connectivity index (χ4n) is 1.58. The number of amides is 1. The van der Waals surface area contributed by atoms with Crippen LogP contribution in [0.2, 0.25) is 0 Å². The highest BCUT2D eigenvalue weighted by molar-refractivity contribution is 9.10. The zero-order valence-corrected chi connectivity index (χ0v) is 10.1. The summed E-state index contributed by atoms with van der Waals surface area (Å²) in [5, 5.41) is 0. The van der Waals surface area contributed by atoms with Crippen molar-refractivity contribution in [2.75, 3.05) is 0 Å². The van der Waals surface area contributed by atoms with Crippen LogP contribution in [0.4, 0.5) is 0 Å². The van der Waals surface area contributed by atoms with Gasteiger partial charge in [-0.25, -0.2) is 0 Å². The van der Waals surface area contributed by atoms with Crippen LogP contribution in [0.3, 0.4) is 0 Å². The summed E-state index contributed by atoms with van der Waals surface area (Å²) in [5.41, 5.74) is 7.73. The summed E-state index contributed by atoms with van der Waals surface area (Å²) in [6, 6.07) is 15.1. The average molecular weight is 276 g/mol. The minimum Gasteiger partial charge on any atom is -0.366 e. The monoisotopic (exact) mass is 275 g/mol. The zero-order chi connectivity index (χ0) is 11.5. The molecule has 3 heteroatoms. The van der Waals surface area contributed by atoms with Crippen LogP contribution in [0.15, 0.2) is 53.0 Å². The zero-order valence-electron chi connectivity index (χ0n) is 8.48. The minimum absolute atomic E-state index is 0.404. The average Bonchev–Trinajstić information content (AvgIpc) is 2.30. The first-order valence-corrected chi connectivity index (χ1v) is 5.62. The van der Waals surface area contributed by atoms with Gasteiger partial charge in [0.15, 0.2) is 0 Å². The van der Waals surface area contributed by atoms with Crippen molar-refractivity contribution in [3.05, 3.63) is 58.6 Å². The molecule has 2 aromatic rings. The molecule has 0 unspecified atom stereocenters. The van der Waals surface area contributed by atoms with E-state index in [-0.39, 0.29) is 0 Å². The Morgan fingerprint density at radius 1 is 1.00 bits per heavy atom. The Labute approximate surface area is 102 Å². The molecule has 2 aromatic carbocycles. The first kappa shape index (κ1) is 10.9. The molecule has 0 aliphatic rings. The van der Waals surface area contributed by atoms with E-state index in [2.05, 4.69) is 15.9 Å². The third-order valence-electron chi connectivity index (χ3n) is 2.35. The van der Waals surface area contributed by atoms with E-state index >= 15 is 0 Å². The van der Waals surface area contributed by atoms with Gasteiger partial charge >= 0.3 is 0 Å². The lowest BCUT2D eigenvalue weighted by Crippen LogP contribution is -2.12. The summed E-state index contributed by atoms with van der Waals surface area (Å²) in [6.45, 7) is 0. The van der Waals surface area contributed by atoms with Crippen LogP contribution < -0.4 is 5.73 Å². The van der Waals surface area contributed by atoms with Crippen molar-refractivity contribution in [2.45, 2.75) is 0 Å². The Bertz CT molecular complexity index is 520. The maximum atomic E-state index is 11.3. The molecule has 0 radical (unpaired) electrons. The number of benzene rings is 2. The van der Waals surface area contributed by atoms with Gasteiger partial charge in [-0.05, 0) is 29.3 Å². The van der Waals surface area contributed by atoms with E-state index in [0.29, 0.717) is 5.56 Å². The molecule has 0 atom stereocenters. The topological polar surface area (TPSA) is 43.1 Å². The van der Waals surface area contributed by atoms with Crippen LogP contribution in [0.1, 0.15) is 10.4 Å². The summed E-state index contributed by atoms with van der Waals surface area (Å²) >= 11 is 3.37. The molecule has 2 N–H and O–H groups in total. The number of hydrogen-bond donors (Lipinski definition) is 1. The van der Waals surface area contributed by atoms with Crippen molar-refractivity contribution in [1.82, 2.24) is 0 Å². The van der Waals surface area contributed by atoms with Gasteiger partial charge in [-0.3, -0.25) is 4.79 Å². The van der Waals surface area contributed by atoms with Gasteiger partial charge in [0.2, 0.25) is 5.91 Å². The standard InChI is InChI=1S/C13H10BrNO/c14-10-7-5-9(6-8-10)11-3-1-2-4-12(11)13(15)16/h1-8H,(H2,15,16). The van der Waals surface area contributed by atoms with Crippen molar-refractivity contribution in [3.63, 3.8) is 0 Å². The van der Waals surface area contributed by atoms with Crippen LogP contribution >= 0.6 is 15.9 Å². The molecular weight excluding hydrogens is 266 g/mol. The molecule has 0 saturated carbocycles. The number of rotatable bonds is 2. The highest BCUT2D eigenvalue weighted by Crippen LogP contribution is 2.24. The van der Waals surface area contributed by atoms with Crippen LogP contribution in [-0.2, 0) is 0 Å². The summed E-state index contributed by atoms with van der Waals surface area (Å²) in [6.07, 6.45) is 0. The Hall–Kier alpha value is -1.61. The predicted molar refractivity (Wildman–Crippen MR) is 68.1 cm³/mol. The number of carbonyl (C=O) groups is 1. The minimum atomic E-state index is -0.404. The Kier molecular flexibility index (Phi) is 3.06. The largest absolute Gasteiger partial charge is 0.366 e. The molecule has 2 nitrogen and oxygen atoms in total. The normalized spacial score (nSPS) is 10.1. The maximum absolute atomic E-state index is 11.3. The molecule has 0 aliphatic heterocycles. The molecule has 0 aliphatic carbocycles. The van der Waals surface area contributed by atoms with E-state index in [9.17, 15) is 4.79 Å². The lowest BCUT2D eigenvalue weighted by atomic mass is 9.99. The molecule has 1 amide bonds. The molecule has 2 rings (SSSR count). The first-order valence-electron chi connectivity index (χ1n) is 4.83. The van der Waals surface area contributed by atoms with Gasteiger partial charge < -0.3 is 5.73 Å². The van der Waals surface area contributed by atoms with E-state index in [1.807, 2.05) is 42.5 Å². The maximum Gasteiger partial charge on any atom is 0.249 e. The molecule has 16 heavy (non-hydrogen) atoms. The quantitative estimate of drug-likeness (QED) is 0.899. The second-order valence-corrected chi connectivity index (χ2v) is 4.33. The number of primary amides is 1. The highest BCUT2D eigenvalue weighted by atomic mass is 79.9. The third kappa shape index (κ3) is 2.14. The van der Waals surface area contributed by atoms with Gasteiger partial charge in [-0.2, -0.15) is 0 Å². The second-order valence-electron chi connectivity index (χ2n) is 3.42. The molecule has 0 saturated heterocycles. The fourth-order valence-corrected chi connectivity index (χ4v) is 1.84. The van der Waals surface area contributed by atoms with E-state index in [4.69, 9.17) is 5.73 Å². The van der Waals surface area contributed by atoms with Crippen molar-refractivity contribution >= 4 is 21.8 Å². The number of hydrogen-bond acceptors (Lipinski definition) is 1. The smallest absolute Gasteiger partial charge is 0.249 e. The predicted octanol–water partition coefficient (Wildman–Crippen LogP) is 3.22. The molecule has 0 bridgehead atoms. The van der Waals surface area contributed by atoms with Gasteiger partial charge in [-0.1, -0.05) is 46.3 Å². The van der Waals surface area contributed by atoms with Crippen LogP contribution in [0.25, 0.3) is 11.1 Å². The van der Waals surface area contributed by atoms with Gasteiger partial charge in [0, 0.05) is 10.0 Å². The van der Waals surface area contributed by atoms with E-state index in [0.717, 1.165) is 15.6 Å². The molecule has 0 fully saturated rings. The molecule has 0 heterocycles. The summed E-state index contributed by atoms with van der Waals surface area (Å²) < 4.78 is 1.01. The lowest BCUT2D eigenvalue weighted by Gasteiger charge is -2.06. The number of halogens is 1. The molecular formula is C13H10BrNO.